The van der Waals surface area contributed by atoms with E-state index in [0.29, 0.717) is 24.7 Å². The van der Waals surface area contributed by atoms with Crippen LogP contribution in [0.1, 0.15) is 12.8 Å². The topological polar surface area (TPSA) is 43.1 Å². The van der Waals surface area contributed by atoms with Gasteiger partial charge in [-0.2, -0.15) is 11.8 Å². The molecule has 1 saturated heterocycles. The summed E-state index contributed by atoms with van der Waals surface area (Å²) in [7, 11) is 0. The highest BCUT2D eigenvalue weighted by atomic mass is 32.2. The molecule has 0 saturated carbocycles. The Morgan fingerprint density at radius 1 is 1.70 bits per heavy atom. The maximum atomic E-state index is 11.2. The van der Waals surface area contributed by atoms with E-state index in [2.05, 4.69) is 0 Å². The minimum absolute atomic E-state index is 0.327. The first-order valence-corrected chi connectivity index (χ1v) is 4.80. The molecule has 0 aromatic carbocycles. The molecule has 10 heavy (non-hydrogen) atoms. The summed E-state index contributed by atoms with van der Waals surface area (Å²) in [5, 5.41) is 0. The van der Waals surface area contributed by atoms with E-state index in [9.17, 15) is 4.79 Å². The van der Waals surface area contributed by atoms with Crippen LogP contribution in [0, 0.1) is 5.92 Å². The van der Waals surface area contributed by atoms with Crippen LogP contribution in [-0.4, -0.2) is 23.8 Å². The summed E-state index contributed by atoms with van der Waals surface area (Å²) < 4.78 is 0. The molecule has 0 aromatic rings. The van der Waals surface area contributed by atoms with Crippen molar-refractivity contribution in [2.45, 2.75) is 12.8 Å². The number of carbonyl (C=O) groups is 1. The van der Waals surface area contributed by atoms with Gasteiger partial charge in [0.25, 0.3) is 0 Å². The molecule has 1 heterocycles. The number of hydrogen-bond acceptors (Lipinski definition) is 3. The van der Waals surface area contributed by atoms with Crippen LogP contribution in [-0.2, 0) is 4.79 Å². The highest BCUT2D eigenvalue weighted by Gasteiger charge is 2.21. The Hall–Kier alpha value is -0.0200. The molecule has 1 fully saturated rings. The molecule has 2 N–H and O–H groups in total. The molecule has 1 unspecified atom stereocenters. The molecule has 0 spiro atoms. The van der Waals surface area contributed by atoms with Gasteiger partial charge in [-0.25, -0.2) is 0 Å². The van der Waals surface area contributed by atoms with Gasteiger partial charge in [-0.15, -0.1) is 0 Å². The van der Waals surface area contributed by atoms with E-state index in [-0.39, 0.29) is 0 Å². The third-order valence-electron chi connectivity index (χ3n) is 1.78. The standard InChI is InChI=1S/C7H13NOS/c8-3-1-7(9)6-2-4-10-5-6/h6H,1-5,8H2. The third kappa shape index (κ3) is 1.99. The van der Waals surface area contributed by atoms with Crippen molar-refractivity contribution in [2.24, 2.45) is 11.7 Å². The fourth-order valence-electron chi connectivity index (χ4n) is 1.13. The predicted octanol–water partition coefficient (Wildman–Crippen LogP) is 0.657. The van der Waals surface area contributed by atoms with Gasteiger partial charge in [0.1, 0.15) is 5.78 Å². The molecule has 1 aliphatic rings. The van der Waals surface area contributed by atoms with Crippen LogP contribution in [0.15, 0.2) is 0 Å². The van der Waals surface area contributed by atoms with E-state index in [1.54, 1.807) is 0 Å². The van der Waals surface area contributed by atoms with E-state index >= 15 is 0 Å². The fourth-order valence-corrected chi connectivity index (χ4v) is 2.39. The Morgan fingerprint density at radius 2 is 2.50 bits per heavy atom. The minimum atomic E-state index is 0.327. The number of Topliss-reactive ketones (excluding diaryl/α,β-unsaturated/α-hetero) is 1. The number of rotatable bonds is 3. The quantitative estimate of drug-likeness (QED) is 0.657. The van der Waals surface area contributed by atoms with Crippen LogP contribution in [0.4, 0.5) is 0 Å². The SMILES string of the molecule is NCCC(=O)C1CCSC1. The lowest BCUT2D eigenvalue weighted by Crippen LogP contribution is -2.17. The van der Waals surface area contributed by atoms with Gasteiger partial charge in [0.2, 0.25) is 0 Å². The molecule has 0 bridgehead atoms. The molecule has 0 aromatic heterocycles. The molecule has 0 amide bonds. The molecule has 58 valence electrons. The molecule has 0 radical (unpaired) electrons. The van der Waals surface area contributed by atoms with Gasteiger partial charge >= 0.3 is 0 Å². The average Bonchev–Trinajstić information content (AvgIpc) is 2.38. The summed E-state index contributed by atoms with van der Waals surface area (Å²) >= 11 is 1.87. The van der Waals surface area contributed by atoms with Gasteiger partial charge in [0.05, 0.1) is 0 Å². The largest absolute Gasteiger partial charge is 0.330 e. The zero-order valence-electron chi connectivity index (χ0n) is 6.01. The van der Waals surface area contributed by atoms with Crippen molar-refractivity contribution in [3.05, 3.63) is 0 Å². The minimum Gasteiger partial charge on any atom is -0.330 e. The third-order valence-corrected chi connectivity index (χ3v) is 2.94. The smallest absolute Gasteiger partial charge is 0.138 e. The number of ketones is 1. The van der Waals surface area contributed by atoms with Gasteiger partial charge in [0.15, 0.2) is 0 Å². The number of hydrogen-bond donors (Lipinski definition) is 1. The maximum Gasteiger partial charge on any atom is 0.138 e. The zero-order valence-corrected chi connectivity index (χ0v) is 6.82. The fraction of sp³-hybridized carbons (Fsp3) is 0.857. The van der Waals surface area contributed by atoms with E-state index in [0.717, 1.165) is 17.9 Å². The summed E-state index contributed by atoms with van der Waals surface area (Å²) in [5.41, 5.74) is 5.27. The molecular formula is C7H13NOS. The van der Waals surface area contributed by atoms with Gasteiger partial charge in [-0.1, -0.05) is 0 Å². The molecule has 2 nitrogen and oxygen atoms in total. The normalized spacial score (nSPS) is 25.1. The molecule has 0 aliphatic carbocycles. The zero-order chi connectivity index (χ0) is 7.40. The second kappa shape index (κ2) is 3.98. The van der Waals surface area contributed by atoms with Gasteiger partial charge in [-0.05, 0) is 18.7 Å². The Balaban J connectivity index is 2.25. The highest BCUT2D eigenvalue weighted by Crippen LogP contribution is 2.24. The van der Waals surface area contributed by atoms with E-state index in [1.807, 2.05) is 11.8 Å². The first-order valence-electron chi connectivity index (χ1n) is 3.65. The van der Waals surface area contributed by atoms with Crippen molar-refractivity contribution >= 4 is 17.5 Å². The average molecular weight is 159 g/mol. The lowest BCUT2D eigenvalue weighted by atomic mass is 10.0. The van der Waals surface area contributed by atoms with Crippen molar-refractivity contribution in [3.63, 3.8) is 0 Å². The summed E-state index contributed by atoms with van der Waals surface area (Å²) in [4.78, 5) is 11.2. The first kappa shape index (κ1) is 8.08. The number of carbonyl (C=O) groups excluding carboxylic acids is 1. The van der Waals surface area contributed by atoms with Crippen molar-refractivity contribution in [3.8, 4) is 0 Å². The lowest BCUT2D eigenvalue weighted by molar-refractivity contribution is -0.121. The summed E-state index contributed by atoms with van der Waals surface area (Å²) in [5.74, 6) is 2.88. The Morgan fingerprint density at radius 3 is 3.00 bits per heavy atom. The highest BCUT2D eigenvalue weighted by molar-refractivity contribution is 7.99. The van der Waals surface area contributed by atoms with Crippen LogP contribution in [0.5, 0.6) is 0 Å². The number of nitrogens with two attached hydrogens (primary N) is 1. The molecular weight excluding hydrogens is 146 g/mol. The van der Waals surface area contributed by atoms with Gasteiger partial charge in [0, 0.05) is 18.1 Å². The summed E-state index contributed by atoms with van der Waals surface area (Å²) in [6.07, 6.45) is 1.65. The number of thioether (sulfide) groups is 1. The van der Waals surface area contributed by atoms with Crippen LogP contribution in [0.2, 0.25) is 0 Å². The monoisotopic (exact) mass is 159 g/mol. The molecule has 1 aliphatic heterocycles. The first-order chi connectivity index (χ1) is 4.84. The molecule has 1 rings (SSSR count). The summed E-state index contributed by atoms with van der Waals surface area (Å²) in [6.45, 7) is 0.514. The molecule has 3 heteroatoms. The Bertz CT molecular complexity index is 121. The second-order valence-corrected chi connectivity index (χ2v) is 3.72. The van der Waals surface area contributed by atoms with E-state index < -0.39 is 0 Å². The van der Waals surface area contributed by atoms with Crippen molar-refractivity contribution in [1.82, 2.24) is 0 Å². The van der Waals surface area contributed by atoms with Crippen LogP contribution in [0.3, 0.4) is 0 Å². The van der Waals surface area contributed by atoms with E-state index in [4.69, 9.17) is 5.73 Å². The van der Waals surface area contributed by atoms with Gasteiger partial charge < -0.3 is 5.73 Å². The van der Waals surface area contributed by atoms with Crippen molar-refractivity contribution < 1.29 is 4.79 Å². The maximum absolute atomic E-state index is 11.2. The Labute approximate surface area is 65.5 Å². The van der Waals surface area contributed by atoms with Crippen LogP contribution >= 0.6 is 11.8 Å². The molecule has 1 atom stereocenters. The summed E-state index contributed by atoms with van der Waals surface area (Å²) in [6, 6.07) is 0. The second-order valence-electron chi connectivity index (χ2n) is 2.57. The van der Waals surface area contributed by atoms with Crippen molar-refractivity contribution in [1.29, 1.82) is 0 Å². The van der Waals surface area contributed by atoms with Crippen molar-refractivity contribution in [2.75, 3.05) is 18.1 Å². The van der Waals surface area contributed by atoms with Crippen LogP contribution in [0.25, 0.3) is 0 Å². The predicted molar refractivity (Wildman–Crippen MR) is 44.1 cm³/mol. The lowest BCUT2D eigenvalue weighted by Gasteiger charge is -2.03. The van der Waals surface area contributed by atoms with E-state index in [1.165, 1.54) is 0 Å². The van der Waals surface area contributed by atoms with Gasteiger partial charge in [-0.3, -0.25) is 4.79 Å². The van der Waals surface area contributed by atoms with Crippen LogP contribution < -0.4 is 5.73 Å². The Kier molecular flexibility index (Phi) is 3.22.